The van der Waals surface area contributed by atoms with Crippen LogP contribution < -0.4 is 4.90 Å². The topological polar surface area (TPSA) is 16.1 Å². The molecule has 1 aliphatic rings. The first-order valence-electron chi connectivity index (χ1n) is 5.43. The summed E-state index contributed by atoms with van der Waals surface area (Å²) in [5.41, 5.74) is 2.38. The number of aromatic nitrogens is 1. The van der Waals surface area contributed by atoms with E-state index in [4.69, 9.17) is 0 Å². The summed E-state index contributed by atoms with van der Waals surface area (Å²) in [5, 5.41) is 0. The number of pyridine rings is 1. The maximum absolute atomic E-state index is 4.33. The van der Waals surface area contributed by atoms with Gasteiger partial charge >= 0.3 is 0 Å². The first-order valence-corrected chi connectivity index (χ1v) is 5.43. The van der Waals surface area contributed by atoms with Gasteiger partial charge < -0.3 is 4.90 Å². The van der Waals surface area contributed by atoms with Crippen LogP contribution in [0.3, 0.4) is 0 Å². The first kappa shape index (κ1) is 9.50. The van der Waals surface area contributed by atoms with Gasteiger partial charge in [0, 0.05) is 18.8 Å². The maximum atomic E-state index is 4.33. The van der Waals surface area contributed by atoms with E-state index in [0.29, 0.717) is 0 Å². The van der Waals surface area contributed by atoms with Crippen molar-refractivity contribution in [3.8, 4) is 0 Å². The quantitative estimate of drug-likeness (QED) is 0.676. The standard InChI is InChI=1S/C12H18N2/c1-10-5-7-14(8-6-10)12-4-3-11(2)13-9-12/h3-4,9-10H,5-8H2,1-2H3. The molecule has 0 bridgehead atoms. The van der Waals surface area contributed by atoms with Gasteiger partial charge in [-0.15, -0.1) is 0 Å². The second-order valence-electron chi connectivity index (χ2n) is 4.33. The number of rotatable bonds is 1. The molecule has 0 saturated carbocycles. The molecule has 1 saturated heterocycles. The molecule has 0 N–H and O–H groups in total. The smallest absolute Gasteiger partial charge is 0.0552 e. The fourth-order valence-corrected chi connectivity index (χ4v) is 1.91. The van der Waals surface area contributed by atoms with Crippen molar-refractivity contribution in [1.29, 1.82) is 0 Å². The Morgan fingerprint density at radius 3 is 2.57 bits per heavy atom. The van der Waals surface area contributed by atoms with Crippen LogP contribution in [0.1, 0.15) is 25.5 Å². The molecule has 0 unspecified atom stereocenters. The number of hydrogen-bond acceptors (Lipinski definition) is 2. The van der Waals surface area contributed by atoms with Crippen LogP contribution in [-0.4, -0.2) is 18.1 Å². The van der Waals surface area contributed by atoms with Crippen LogP contribution in [0.5, 0.6) is 0 Å². The van der Waals surface area contributed by atoms with Gasteiger partial charge in [-0.3, -0.25) is 4.98 Å². The molecule has 2 nitrogen and oxygen atoms in total. The molecule has 0 aromatic carbocycles. The largest absolute Gasteiger partial charge is 0.370 e. The minimum absolute atomic E-state index is 0.893. The van der Waals surface area contributed by atoms with E-state index in [0.717, 1.165) is 11.6 Å². The van der Waals surface area contributed by atoms with E-state index in [1.807, 2.05) is 13.1 Å². The van der Waals surface area contributed by atoms with Crippen LogP contribution in [0.4, 0.5) is 5.69 Å². The monoisotopic (exact) mass is 190 g/mol. The van der Waals surface area contributed by atoms with Crippen LogP contribution in [0.15, 0.2) is 18.3 Å². The molecule has 1 fully saturated rings. The molecule has 14 heavy (non-hydrogen) atoms. The molecule has 0 aliphatic carbocycles. The van der Waals surface area contributed by atoms with Gasteiger partial charge in [-0.1, -0.05) is 6.92 Å². The van der Waals surface area contributed by atoms with E-state index < -0.39 is 0 Å². The molecule has 0 amide bonds. The van der Waals surface area contributed by atoms with Crippen molar-refractivity contribution >= 4 is 5.69 Å². The van der Waals surface area contributed by atoms with E-state index in [1.165, 1.54) is 31.6 Å². The van der Waals surface area contributed by atoms with Crippen molar-refractivity contribution in [2.45, 2.75) is 26.7 Å². The number of hydrogen-bond donors (Lipinski definition) is 0. The van der Waals surface area contributed by atoms with Crippen molar-refractivity contribution in [2.75, 3.05) is 18.0 Å². The minimum Gasteiger partial charge on any atom is -0.370 e. The van der Waals surface area contributed by atoms with Crippen LogP contribution in [-0.2, 0) is 0 Å². The third kappa shape index (κ3) is 2.06. The summed E-state index contributed by atoms with van der Waals surface area (Å²) in [6.45, 7) is 6.74. The van der Waals surface area contributed by atoms with Gasteiger partial charge in [0.1, 0.15) is 0 Å². The molecule has 0 spiro atoms. The lowest BCUT2D eigenvalue weighted by atomic mass is 9.99. The molecule has 2 rings (SSSR count). The zero-order chi connectivity index (χ0) is 9.97. The SMILES string of the molecule is Cc1ccc(N2CCC(C)CC2)cn1. The van der Waals surface area contributed by atoms with Gasteiger partial charge in [-0.25, -0.2) is 0 Å². The lowest BCUT2D eigenvalue weighted by Crippen LogP contribution is -2.32. The Kier molecular flexibility index (Phi) is 2.71. The van der Waals surface area contributed by atoms with Crippen LogP contribution in [0.25, 0.3) is 0 Å². The normalized spacial score (nSPS) is 18.6. The fourth-order valence-electron chi connectivity index (χ4n) is 1.91. The molecular formula is C12H18N2. The zero-order valence-electron chi connectivity index (χ0n) is 9.03. The van der Waals surface area contributed by atoms with Gasteiger partial charge in [0.25, 0.3) is 0 Å². The fraction of sp³-hybridized carbons (Fsp3) is 0.583. The summed E-state index contributed by atoms with van der Waals surface area (Å²) < 4.78 is 0. The second kappa shape index (κ2) is 3.99. The van der Waals surface area contributed by atoms with E-state index in [9.17, 15) is 0 Å². The summed E-state index contributed by atoms with van der Waals surface area (Å²) >= 11 is 0. The number of piperidine rings is 1. The van der Waals surface area contributed by atoms with Crippen molar-refractivity contribution < 1.29 is 0 Å². The molecule has 1 aliphatic heterocycles. The van der Waals surface area contributed by atoms with E-state index in [1.54, 1.807) is 0 Å². The third-order valence-electron chi connectivity index (χ3n) is 3.04. The van der Waals surface area contributed by atoms with Gasteiger partial charge in [0.2, 0.25) is 0 Å². The summed E-state index contributed by atoms with van der Waals surface area (Å²) in [6, 6.07) is 4.27. The van der Waals surface area contributed by atoms with Gasteiger partial charge in [0.15, 0.2) is 0 Å². The molecule has 0 radical (unpaired) electrons. The second-order valence-corrected chi connectivity index (χ2v) is 4.33. The Bertz CT molecular complexity index is 284. The predicted molar refractivity (Wildman–Crippen MR) is 59.6 cm³/mol. The highest BCUT2D eigenvalue weighted by Crippen LogP contribution is 2.21. The van der Waals surface area contributed by atoms with Gasteiger partial charge in [-0.2, -0.15) is 0 Å². The van der Waals surface area contributed by atoms with Crippen molar-refractivity contribution in [1.82, 2.24) is 4.98 Å². The summed E-state index contributed by atoms with van der Waals surface area (Å²) in [6.07, 6.45) is 4.62. The Labute approximate surface area is 86.0 Å². The molecule has 2 heteroatoms. The Morgan fingerprint density at radius 1 is 1.29 bits per heavy atom. The lowest BCUT2D eigenvalue weighted by molar-refractivity contribution is 0.438. The molecule has 76 valence electrons. The van der Waals surface area contributed by atoms with E-state index >= 15 is 0 Å². The van der Waals surface area contributed by atoms with Gasteiger partial charge in [-0.05, 0) is 37.8 Å². The van der Waals surface area contributed by atoms with Crippen molar-refractivity contribution in [3.63, 3.8) is 0 Å². The lowest BCUT2D eigenvalue weighted by Gasteiger charge is -2.31. The summed E-state index contributed by atoms with van der Waals surface area (Å²) in [5.74, 6) is 0.893. The van der Waals surface area contributed by atoms with Crippen LogP contribution in [0.2, 0.25) is 0 Å². The highest BCUT2D eigenvalue weighted by atomic mass is 15.1. The summed E-state index contributed by atoms with van der Waals surface area (Å²) in [4.78, 5) is 6.77. The first-order chi connectivity index (χ1) is 6.75. The van der Waals surface area contributed by atoms with Crippen molar-refractivity contribution in [3.05, 3.63) is 24.0 Å². The van der Waals surface area contributed by atoms with Crippen LogP contribution in [0, 0.1) is 12.8 Å². The van der Waals surface area contributed by atoms with Crippen molar-refractivity contribution in [2.24, 2.45) is 5.92 Å². The van der Waals surface area contributed by atoms with E-state index in [-0.39, 0.29) is 0 Å². The average molecular weight is 190 g/mol. The molecule has 2 heterocycles. The van der Waals surface area contributed by atoms with Crippen LogP contribution >= 0.6 is 0 Å². The summed E-state index contributed by atoms with van der Waals surface area (Å²) in [7, 11) is 0. The Hall–Kier alpha value is -1.05. The Balaban J connectivity index is 2.05. The maximum Gasteiger partial charge on any atom is 0.0552 e. The Morgan fingerprint density at radius 2 is 2.00 bits per heavy atom. The number of nitrogens with zero attached hydrogens (tertiary/aromatic N) is 2. The predicted octanol–water partition coefficient (Wildman–Crippen LogP) is 2.63. The average Bonchev–Trinajstić information content (AvgIpc) is 2.21. The molecular weight excluding hydrogens is 172 g/mol. The number of aryl methyl sites for hydroxylation is 1. The highest BCUT2D eigenvalue weighted by molar-refractivity contribution is 5.44. The number of anilines is 1. The highest BCUT2D eigenvalue weighted by Gasteiger charge is 2.15. The molecule has 1 aromatic rings. The zero-order valence-corrected chi connectivity index (χ0v) is 9.03. The third-order valence-corrected chi connectivity index (χ3v) is 3.04. The van der Waals surface area contributed by atoms with Gasteiger partial charge in [0.05, 0.1) is 11.9 Å². The molecule has 1 aromatic heterocycles. The molecule has 0 atom stereocenters. The minimum atomic E-state index is 0.893. The van der Waals surface area contributed by atoms with E-state index in [2.05, 4.69) is 28.9 Å².